The van der Waals surface area contributed by atoms with Gasteiger partial charge in [-0.2, -0.15) is 5.10 Å². The lowest BCUT2D eigenvalue weighted by Gasteiger charge is -2.03. The molecule has 1 fully saturated rings. The molecule has 0 heterocycles. The monoisotopic (exact) mass is 245 g/mol. The van der Waals surface area contributed by atoms with E-state index in [0.717, 1.165) is 31.4 Å². The first-order chi connectivity index (χ1) is 8.75. The lowest BCUT2D eigenvalue weighted by molar-refractivity contribution is -0.136. The van der Waals surface area contributed by atoms with E-state index in [1.54, 1.807) is 24.3 Å². The van der Waals surface area contributed by atoms with Crippen molar-refractivity contribution in [2.24, 2.45) is 5.10 Å². The predicted octanol–water partition coefficient (Wildman–Crippen LogP) is 1.67. The molecule has 5 heteroatoms. The van der Waals surface area contributed by atoms with E-state index in [9.17, 15) is 9.59 Å². The summed E-state index contributed by atoms with van der Waals surface area (Å²) in [4.78, 5) is 23.0. The second-order valence-electron chi connectivity index (χ2n) is 4.15. The molecule has 18 heavy (non-hydrogen) atoms. The van der Waals surface area contributed by atoms with Crippen LogP contribution in [0.3, 0.4) is 0 Å². The number of amides is 2. The number of carbonyl (C=O) groups is 2. The van der Waals surface area contributed by atoms with E-state index in [1.807, 2.05) is 6.07 Å². The van der Waals surface area contributed by atoms with Gasteiger partial charge >= 0.3 is 11.8 Å². The van der Waals surface area contributed by atoms with Gasteiger partial charge in [-0.1, -0.05) is 18.2 Å². The number of nitrogens with zero attached hydrogens (tertiary/aromatic N) is 1. The highest BCUT2D eigenvalue weighted by Gasteiger charge is 2.14. The molecule has 0 spiro atoms. The molecule has 1 aromatic carbocycles. The van der Waals surface area contributed by atoms with Gasteiger partial charge in [0.15, 0.2) is 0 Å². The summed E-state index contributed by atoms with van der Waals surface area (Å²) >= 11 is 0. The fourth-order valence-electron chi connectivity index (χ4n) is 1.78. The molecule has 0 aromatic heterocycles. The molecular weight excluding hydrogens is 230 g/mol. The number of nitrogens with one attached hydrogen (secondary N) is 2. The van der Waals surface area contributed by atoms with Gasteiger partial charge in [0.2, 0.25) is 0 Å². The Balaban J connectivity index is 1.85. The minimum Gasteiger partial charge on any atom is -0.318 e. The number of benzene rings is 1. The summed E-state index contributed by atoms with van der Waals surface area (Å²) in [7, 11) is 0. The molecule has 0 bridgehead atoms. The van der Waals surface area contributed by atoms with Crippen LogP contribution >= 0.6 is 0 Å². The maximum atomic E-state index is 11.5. The number of rotatable bonds is 2. The number of anilines is 1. The van der Waals surface area contributed by atoms with Gasteiger partial charge in [-0.05, 0) is 37.8 Å². The number of hydrogen-bond donors (Lipinski definition) is 2. The first-order valence-corrected chi connectivity index (χ1v) is 5.97. The molecular formula is C13H15N3O2. The molecule has 0 radical (unpaired) electrons. The Bertz CT molecular complexity index is 460. The van der Waals surface area contributed by atoms with Crippen LogP contribution in [0, 0.1) is 0 Å². The molecule has 0 atom stereocenters. The number of para-hydroxylation sites is 1. The van der Waals surface area contributed by atoms with Crippen molar-refractivity contribution in [1.29, 1.82) is 0 Å². The SMILES string of the molecule is O=C(NN=C1CCCC1)C(=O)Nc1ccccc1. The van der Waals surface area contributed by atoms with Crippen molar-refractivity contribution in [3.63, 3.8) is 0 Å². The van der Waals surface area contributed by atoms with Crippen LogP contribution in [0.1, 0.15) is 25.7 Å². The summed E-state index contributed by atoms with van der Waals surface area (Å²) in [6.07, 6.45) is 4.01. The summed E-state index contributed by atoms with van der Waals surface area (Å²) in [5.41, 5.74) is 3.83. The lowest BCUT2D eigenvalue weighted by Crippen LogP contribution is -2.32. The third kappa shape index (κ3) is 3.41. The number of carbonyl (C=O) groups excluding carboxylic acids is 2. The molecule has 2 N–H and O–H groups in total. The summed E-state index contributed by atoms with van der Waals surface area (Å²) in [6, 6.07) is 8.84. The molecule has 94 valence electrons. The van der Waals surface area contributed by atoms with E-state index >= 15 is 0 Å². The number of hydrazone groups is 1. The minimum absolute atomic E-state index is 0.589. The van der Waals surface area contributed by atoms with Crippen LogP contribution in [-0.4, -0.2) is 17.5 Å². The van der Waals surface area contributed by atoms with Crippen LogP contribution in [0.15, 0.2) is 35.4 Å². The smallest absolute Gasteiger partial charge is 0.318 e. The van der Waals surface area contributed by atoms with Crippen molar-refractivity contribution >= 4 is 23.2 Å². The van der Waals surface area contributed by atoms with Crippen LogP contribution in [0.5, 0.6) is 0 Å². The second kappa shape index (κ2) is 5.95. The highest BCUT2D eigenvalue weighted by Crippen LogP contribution is 2.13. The molecule has 1 saturated carbocycles. The Kier molecular flexibility index (Phi) is 4.06. The number of hydrogen-bond acceptors (Lipinski definition) is 3. The molecule has 5 nitrogen and oxygen atoms in total. The summed E-state index contributed by atoms with van der Waals surface area (Å²) < 4.78 is 0. The average Bonchev–Trinajstić information content (AvgIpc) is 2.90. The van der Waals surface area contributed by atoms with Crippen molar-refractivity contribution in [3.8, 4) is 0 Å². The average molecular weight is 245 g/mol. The molecule has 1 aromatic rings. The molecule has 0 aliphatic heterocycles. The van der Waals surface area contributed by atoms with Gasteiger partial charge in [0.25, 0.3) is 0 Å². The molecule has 2 amide bonds. The Morgan fingerprint density at radius 3 is 2.33 bits per heavy atom. The van der Waals surface area contributed by atoms with E-state index in [2.05, 4.69) is 15.8 Å². The summed E-state index contributed by atoms with van der Waals surface area (Å²) in [5, 5.41) is 6.44. The third-order valence-corrected chi connectivity index (χ3v) is 2.73. The summed E-state index contributed by atoms with van der Waals surface area (Å²) in [5.74, 6) is -1.44. The minimum atomic E-state index is -0.738. The maximum absolute atomic E-state index is 11.5. The van der Waals surface area contributed by atoms with Gasteiger partial charge in [-0.3, -0.25) is 9.59 Å². The van der Waals surface area contributed by atoms with E-state index in [1.165, 1.54) is 0 Å². The Morgan fingerprint density at radius 1 is 1.00 bits per heavy atom. The highest BCUT2D eigenvalue weighted by atomic mass is 16.2. The van der Waals surface area contributed by atoms with Gasteiger partial charge in [-0.25, -0.2) is 5.43 Å². The van der Waals surface area contributed by atoms with E-state index in [-0.39, 0.29) is 0 Å². The second-order valence-corrected chi connectivity index (χ2v) is 4.15. The van der Waals surface area contributed by atoms with Gasteiger partial charge < -0.3 is 5.32 Å². The highest BCUT2D eigenvalue weighted by molar-refractivity contribution is 6.39. The van der Waals surface area contributed by atoms with E-state index in [4.69, 9.17) is 0 Å². The van der Waals surface area contributed by atoms with Crippen molar-refractivity contribution in [3.05, 3.63) is 30.3 Å². The van der Waals surface area contributed by atoms with Crippen LogP contribution < -0.4 is 10.7 Å². The molecule has 0 unspecified atom stereocenters. The fourth-order valence-corrected chi connectivity index (χ4v) is 1.78. The first kappa shape index (κ1) is 12.3. The van der Waals surface area contributed by atoms with Crippen molar-refractivity contribution in [2.75, 3.05) is 5.32 Å². The van der Waals surface area contributed by atoms with Crippen molar-refractivity contribution in [2.45, 2.75) is 25.7 Å². The molecule has 1 aliphatic rings. The van der Waals surface area contributed by atoms with Gasteiger partial charge in [-0.15, -0.1) is 0 Å². The molecule has 2 rings (SSSR count). The standard InChI is InChI=1S/C13H15N3O2/c17-12(14-10-6-2-1-3-7-10)13(18)16-15-11-8-4-5-9-11/h1-3,6-7H,4-5,8-9H2,(H,14,17)(H,16,18). The summed E-state index contributed by atoms with van der Waals surface area (Å²) in [6.45, 7) is 0. The van der Waals surface area contributed by atoms with Crippen LogP contribution in [0.2, 0.25) is 0 Å². The van der Waals surface area contributed by atoms with Gasteiger partial charge in [0, 0.05) is 11.4 Å². The van der Waals surface area contributed by atoms with Crippen molar-refractivity contribution in [1.82, 2.24) is 5.43 Å². The van der Waals surface area contributed by atoms with Crippen LogP contribution in [0.25, 0.3) is 0 Å². The zero-order valence-corrected chi connectivity index (χ0v) is 9.98. The van der Waals surface area contributed by atoms with Crippen LogP contribution in [0.4, 0.5) is 5.69 Å². The fraction of sp³-hybridized carbons (Fsp3) is 0.308. The maximum Gasteiger partial charge on any atom is 0.329 e. The predicted molar refractivity (Wildman–Crippen MR) is 69.1 cm³/mol. The topological polar surface area (TPSA) is 70.6 Å². The Morgan fingerprint density at radius 2 is 1.67 bits per heavy atom. The first-order valence-electron chi connectivity index (χ1n) is 5.97. The van der Waals surface area contributed by atoms with Gasteiger partial charge in [0.1, 0.15) is 0 Å². The zero-order valence-electron chi connectivity index (χ0n) is 9.98. The lowest BCUT2D eigenvalue weighted by atomic mass is 10.3. The van der Waals surface area contributed by atoms with E-state index < -0.39 is 11.8 Å². The normalized spacial score (nSPS) is 14.1. The zero-order chi connectivity index (χ0) is 12.8. The Hall–Kier alpha value is -2.17. The largest absolute Gasteiger partial charge is 0.329 e. The third-order valence-electron chi connectivity index (χ3n) is 2.73. The van der Waals surface area contributed by atoms with E-state index in [0.29, 0.717) is 5.69 Å². The van der Waals surface area contributed by atoms with Crippen LogP contribution in [-0.2, 0) is 9.59 Å². The quantitative estimate of drug-likeness (QED) is 0.614. The molecule has 1 aliphatic carbocycles. The Labute approximate surface area is 105 Å². The van der Waals surface area contributed by atoms with Crippen molar-refractivity contribution < 1.29 is 9.59 Å². The molecule has 0 saturated heterocycles. The van der Waals surface area contributed by atoms with Gasteiger partial charge in [0.05, 0.1) is 0 Å².